The van der Waals surface area contributed by atoms with Crippen LogP contribution in [0.5, 0.6) is 0 Å². The highest BCUT2D eigenvalue weighted by atomic mass is 32.1. The minimum absolute atomic E-state index is 0.00465. The fourth-order valence-corrected chi connectivity index (χ4v) is 13.5. The van der Waals surface area contributed by atoms with E-state index in [1.54, 1.807) is 139 Å². The highest BCUT2D eigenvalue weighted by Crippen LogP contribution is 2.24. The molecule has 0 spiro atoms. The third-order valence-electron chi connectivity index (χ3n) is 20.3. The SMILES string of the molecule is C/C=C1\NC(=O)[C@H](Cc2ccccc2)NC(=O)[C@@H](C(C)C)NC(=O)[C@@H]([C@@H](C)CC)NC(=O)[C@H](NC(=O)[C@H](NC(=O)[C@H](CCCNCc2cccs2)NC(=O)[C@H]2CCCN2C(=O)[C@@H](NC(=O)[C@H](NC(=O)[C@H](NC(=O)[C@@H](NC(=O)CCCC(C)C)C(C)C)[C@H](C)O)C(C)C)C(C)C)[C@@H](C)CC)[C@@H](C)OC(=O)[C@H](C(C)C)NC1=O. The van der Waals surface area contributed by atoms with E-state index in [0.29, 0.717) is 50.3 Å². The van der Waals surface area contributed by atoms with Crippen LogP contribution in [-0.4, -0.2) is 191 Å². The van der Waals surface area contributed by atoms with Crippen LogP contribution in [0.3, 0.4) is 0 Å². The van der Waals surface area contributed by atoms with Gasteiger partial charge in [-0.1, -0.05) is 173 Å². The topological polar surface area (TPSA) is 428 Å². The molecule has 620 valence electrons. The van der Waals surface area contributed by atoms with Crippen molar-refractivity contribution >= 4 is 94.1 Å². The van der Waals surface area contributed by atoms with E-state index in [-0.39, 0.29) is 50.3 Å². The molecule has 0 saturated carbocycles. The van der Waals surface area contributed by atoms with E-state index < -0.39 is 203 Å². The van der Waals surface area contributed by atoms with Gasteiger partial charge in [-0.15, -0.1) is 11.3 Å². The predicted octanol–water partition coefficient (Wildman–Crippen LogP) is 3.73. The first-order chi connectivity index (χ1) is 52.3. The third-order valence-corrected chi connectivity index (χ3v) is 21.2. The third kappa shape index (κ3) is 29.3. The number of benzene rings is 1. The van der Waals surface area contributed by atoms with Gasteiger partial charge >= 0.3 is 5.97 Å². The van der Waals surface area contributed by atoms with Gasteiger partial charge in [-0.3, -0.25) is 62.3 Å². The minimum Gasteiger partial charge on any atom is -0.458 e. The zero-order valence-electron chi connectivity index (χ0n) is 68.5. The number of cyclic esters (lactones) is 1. The summed E-state index contributed by atoms with van der Waals surface area (Å²) in [4.78, 5) is 205. The molecule has 14 N–H and O–H groups in total. The van der Waals surface area contributed by atoms with Crippen LogP contribution in [-0.2, 0) is 84.8 Å². The van der Waals surface area contributed by atoms with Gasteiger partial charge in [0, 0.05) is 30.8 Å². The number of aliphatic hydroxyl groups excluding tert-OH is 1. The summed E-state index contributed by atoms with van der Waals surface area (Å²) in [5.41, 5.74) is 0.374. The minimum atomic E-state index is -1.83. The molecule has 31 heteroatoms. The molecule has 2 aliphatic heterocycles. The Balaban J connectivity index is 1.69. The van der Waals surface area contributed by atoms with Crippen LogP contribution in [0.1, 0.15) is 200 Å². The molecule has 0 bridgehead atoms. The van der Waals surface area contributed by atoms with Crippen molar-refractivity contribution in [1.82, 2.24) is 74.0 Å². The molecule has 2 aromatic rings. The van der Waals surface area contributed by atoms with Crippen LogP contribution in [0.15, 0.2) is 59.6 Å². The highest BCUT2D eigenvalue weighted by Gasteiger charge is 2.45. The van der Waals surface area contributed by atoms with Crippen LogP contribution < -0.4 is 69.1 Å². The molecule has 2 fully saturated rings. The van der Waals surface area contributed by atoms with Crippen LogP contribution in [0, 0.1) is 47.3 Å². The largest absolute Gasteiger partial charge is 0.458 e. The van der Waals surface area contributed by atoms with Crippen molar-refractivity contribution in [1.29, 1.82) is 0 Å². The van der Waals surface area contributed by atoms with E-state index in [1.807, 2.05) is 31.4 Å². The number of carbonyl (C=O) groups is 14. The molecule has 4 rings (SSSR count). The Morgan fingerprint density at radius 3 is 1.75 bits per heavy atom. The zero-order chi connectivity index (χ0) is 83.3. The molecule has 13 amide bonds. The Kier molecular flexibility index (Phi) is 39.4. The molecule has 0 radical (unpaired) electrons. The van der Waals surface area contributed by atoms with Gasteiger partial charge in [0.05, 0.1) is 6.10 Å². The molecule has 111 heavy (non-hydrogen) atoms. The zero-order valence-corrected chi connectivity index (χ0v) is 69.3. The van der Waals surface area contributed by atoms with Gasteiger partial charge in [0.2, 0.25) is 70.9 Å². The summed E-state index contributed by atoms with van der Waals surface area (Å²) in [7, 11) is 0. The summed E-state index contributed by atoms with van der Waals surface area (Å²) >= 11 is 1.55. The van der Waals surface area contributed by atoms with Crippen LogP contribution in [0.25, 0.3) is 0 Å². The van der Waals surface area contributed by atoms with Crippen molar-refractivity contribution in [2.24, 2.45) is 47.3 Å². The van der Waals surface area contributed by atoms with E-state index in [2.05, 4.69) is 69.1 Å². The van der Waals surface area contributed by atoms with Gasteiger partial charge in [-0.2, -0.15) is 0 Å². The number of amides is 13. The normalized spacial score (nSPS) is 22.0. The molecular weight excluding hydrogens is 1450 g/mol. The number of allylic oxidation sites excluding steroid dienone is 1. The summed E-state index contributed by atoms with van der Waals surface area (Å²) in [6.45, 7) is 32.7. The monoisotopic (exact) mass is 1570 g/mol. The first-order valence-corrected chi connectivity index (χ1v) is 40.4. The van der Waals surface area contributed by atoms with E-state index in [0.717, 1.165) is 11.3 Å². The maximum Gasteiger partial charge on any atom is 0.329 e. The lowest BCUT2D eigenvalue weighted by molar-refractivity contribution is -0.157. The van der Waals surface area contributed by atoms with Crippen molar-refractivity contribution in [3.8, 4) is 0 Å². The summed E-state index contributed by atoms with van der Waals surface area (Å²) in [6, 6.07) is -3.78. The number of hydrogen-bond donors (Lipinski definition) is 14. The number of hydrogen-bond acceptors (Lipinski definition) is 18. The number of carbonyl (C=O) groups excluding carboxylic acids is 14. The number of ether oxygens (including phenoxy) is 1. The van der Waals surface area contributed by atoms with E-state index in [1.165, 1.54) is 31.7 Å². The van der Waals surface area contributed by atoms with Gasteiger partial charge in [0.15, 0.2) is 0 Å². The lowest BCUT2D eigenvalue weighted by Crippen LogP contribution is -2.64. The number of nitrogens with one attached hydrogen (secondary N) is 13. The van der Waals surface area contributed by atoms with Crippen molar-refractivity contribution in [2.75, 3.05) is 13.1 Å². The molecule has 1 aromatic carbocycles. The average molecular weight is 1570 g/mol. The first-order valence-electron chi connectivity index (χ1n) is 39.5. The van der Waals surface area contributed by atoms with Crippen LogP contribution in [0.4, 0.5) is 0 Å². The maximum atomic E-state index is 15.2. The lowest BCUT2D eigenvalue weighted by atomic mass is 9.95. The fraction of sp³-hybridized carbons (Fsp3) is 0.675. The van der Waals surface area contributed by atoms with Crippen molar-refractivity contribution in [2.45, 2.75) is 287 Å². The van der Waals surface area contributed by atoms with Gasteiger partial charge in [0.1, 0.15) is 84.3 Å². The Morgan fingerprint density at radius 1 is 0.613 bits per heavy atom. The summed E-state index contributed by atoms with van der Waals surface area (Å²) < 4.78 is 6.01. The second-order valence-electron chi connectivity index (χ2n) is 31.7. The van der Waals surface area contributed by atoms with Gasteiger partial charge < -0.3 is 83.9 Å². The summed E-state index contributed by atoms with van der Waals surface area (Å²) in [5.74, 6) is -15.0. The van der Waals surface area contributed by atoms with Gasteiger partial charge in [-0.25, -0.2) is 4.79 Å². The average Bonchev–Trinajstić information content (AvgIpc) is 1.73. The fourth-order valence-electron chi connectivity index (χ4n) is 12.9. The quantitative estimate of drug-likeness (QED) is 0.0262. The number of likely N-dealkylation sites (tertiary alicyclic amines) is 1. The maximum absolute atomic E-state index is 15.2. The standard InChI is InChI=1S/C80H128N14O16S/c1-20-48(16)64(76(105)93-67-51(19)110-80(109)63(47(14)15)89-68(97)54(22-3)82-70(99)56(40-52-31-24-23-25-32-52)84-72(101)60(44(8)9)86-75(104)65(49(17)21-2)91-78(67)107)90-69(98)55(34-27-37-81-41-53-33-29-39-111-53)83-71(100)57-35-28-38-94(57)79(108)62(46(12)13)88-74(103)61(45(10)11)87-77(106)66(50(18)95)92-73(102)59(43(6)7)85-58(96)36-26-30-42(4)5/h22-25,29,31-33,39,42-51,55-57,59-67,81,95H,20-21,26-28,30,34-38,40-41H2,1-19H3,(H,82,99)(H,83,100)(H,84,101)(H,85,96)(H,86,104)(H,87,106)(H,88,103)(H,89,97)(H,90,98)(H,91,107)(H,92,102)(H,93,105)/b54-22-/t48-,49-,50-,51+,55-,56-,57+,59-,60+,61+,62-,63-,64+,65+,66+,67+/m0/s1. The number of nitrogens with zero attached hydrogens (tertiary/aromatic N) is 1. The molecular formula is C80H128N14O16S. The highest BCUT2D eigenvalue weighted by molar-refractivity contribution is 7.09. The number of esters is 1. The number of aliphatic hydroxyl groups is 1. The molecule has 30 nitrogen and oxygen atoms in total. The Bertz CT molecular complexity index is 3480. The molecule has 16 atom stereocenters. The second-order valence-corrected chi connectivity index (χ2v) is 32.7. The van der Waals surface area contributed by atoms with Gasteiger partial charge in [-0.05, 0) is 124 Å². The van der Waals surface area contributed by atoms with Crippen molar-refractivity contribution in [3.05, 3.63) is 70.1 Å². The molecule has 2 aliphatic rings. The van der Waals surface area contributed by atoms with E-state index >= 15 is 14.4 Å². The first kappa shape index (κ1) is 94.5. The Labute approximate surface area is 659 Å². The Hall–Kier alpha value is -8.84. The predicted molar refractivity (Wildman–Crippen MR) is 422 cm³/mol. The summed E-state index contributed by atoms with van der Waals surface area (Å²) in [6.07, 6.45) is 1.21. The Morgan fingerprint density at radius 2 is 1.19 bits per heavy atom. The lowest BCUT2D eigenvalue weighted by Gasteiger charge is -2.34. The smallest absolute Gasteiger partial charge is 0.329 e. The second kappa shape index (κ2) is 46.2. The molecule has 1 aromatic heterocycles. The number of rotatable bonds is 36. The molecule has 0 aliphatic carbocycles. The molecule has 3 heterocycles. The molecule has 2 saturated heterocycles. The van der Waals surface area contributed by atoms with Crippen LogP contribution in [0.2, 0.25) is 0 Å². The van der Waals surface area contributed by atoms with Gasteiger partial charge in [0.25, 0.3) is 5.91 Å². The summed E-state index contributed by atoms with van der Waals surface area (Å²) in [5, 5.41) is 48.9. The van der Waals surface area contributed by atoms with Crippen molar-refractivity contribution < 1.29 is 77.0 Å². The van der Waals surface area contributed by atoms with Crippen molar-refractivity contribution in [3.63, 3.8) is 0 Å². The number of thiophene rings is 1. The van der Waals surface area contributed by atoms with E-state index in [4.69, 9.17) is 4.74 Å². The van der Waals surface area contributed by atoms with E-state index in [9.17, 15) is 57.8 Å². The van der Waals surface area contributed by atoms with Crippen LogP contribution >= 0.6 is 11.3 Å². The molecule has 0 unspecified atom stereocenters.